The van der Waals surface area contributed by atoms with Gasteiger partial charge in [-0.25, -0.2) is 4.57 Å². The van der Waals surface area contributed by atoms with Crippen molar-refractivity contribution in [2.24, 2.45) is 0 Å². The van der Waals surface area contributed by atoms with E-state index < -0.39 is 13.4 Å². The second kappa shape index (κ2) is 10.6. The van der Waals surface area contributed by atoms with Gasteiger partial charge in [0.05, 0.1) is 0 Å². The number of nitrogens with one attached hydrogen (secondary N) is 1. The highest BCUT2D eigenvalue weighted by Crippen LogP contribution is 2.61. The summed E-state index contributed by atoms with van der Waals surface area (Å²) in [6.07, 6.45) is 0. The van der Waals surface area contributed by atoms with Gasteiger partial charge in [-0.1, -0.05) is 54.6 Å². The first kappa shape index (κ1) is 25.3. The number of anilines is 1. The third kappa shape index (κ3) is 4.94. The van der Waals surface area contributed by atoms with Crippen LogP contribution >= 0.6 is 18.9 Å². The first-order valence-electron chi connectivity index (χ1n) is 13.0. The molecule has 196 valence electrons. The molecule has 0 spiro atoms. The van der Waals surface area contributed by atoms with Crippen LogP contribution in [0, 0.1) is 6.92 Å². The van der Waals surface area contributed by atoms with Crippen LogP contribution in [0.25, 0.3) is 21.8 Å². The van der Waals surface area contributed by atoms with Crippen molar-refractivity contribution in [3.8, 4) is 11.5 Å². The number of thiophene rings is 1. The maximum absolute atomic E-state index is 14.9. The normalized spacial score (nSPS) is 12.5. The molecule has 2 heterocycles. The Morgan fingerprint density at radius 2 is 1.41 bits per heavy atom. The van der Waals surface area contributed by atoms with Crippen molar-refractivity contribution in [2.75, 3.05) is 5.32 Å². The van der Waals surface area contributed by atoms with Crippen LogP contribution in [-0.2, 0) is 11.1 Å². The van der Waals surface area contributed by atoms with Crippen molar-refractivity contribution < 1.29 is 13.6 Å². The van der Waals surface area contributed by atoms with E-state index in [4.69, 9.17) is 9.05 Å². The van der Waals surface area contributed by atoms with E-state index in [-0.39, 0.29) is 0 Å². The lowest BCUT2D eigenvalue weighted by molar-refractivity contribution is 0.377. The van der Waals surface area contributed by atoms with Gasteiger partial charge in [0, 0.05) is 38.9 Å². The van der Waals surface area contributed by atoms with Crippen molar-refractivity contribution in [3.63, 3.8) is 0 Å². The molecule has 1 atom stereocenters. The lowest BCUT2D eigenvalue weighted by atomic mass is 10.1. The SMILES string of the molecule is CCn1c2ccccc2c2cc(NC(c3sccc3C)P(=O)(Oc3ccccc3)Oc3ccccc3)ccc21. The zero-order valence-electron chi connectivity index (χ0n) is 21.8. The van der Waals surface area contributed by atoms with Crippen LogP contribution < -0.4 is 14.4 Å². The second-order valence-corrected chi connectivity index (χ2v) is 12.3. The van der Waals surface area contributed by atoms with E-state index in [9.17, 15) is 4.57 Å². The number of hydrogen-bond donors (Lipinski definition) is 1. The zero-order valence-corrected chi connectivity index (χ0v) is 23.5. The Labute approximate surface area is 232 Å². The number of aromatic nitrogens is 1. The van der Waals surface area contributed by atoms with Crippen LogP contribution in [0.3, 0.4) is 0 Å². The number of aryl methyl sites for hydroxylation is 2. The minimum absolute atomic E-state index is 0.485. The minimum atomic E-state index is -3.87. The van der Waals surface area contributed by atoms with Gasteiger partial charge in [-0.15, -0.1) is 11.3 Å². The number of nitrogens with zero attached hydrogens (tertiary/aromatic N) is 1. The molecule has 1 unspecified atom stereocenters. The molecule has 4 aromatic carbocycles. The molecule has 0 radical (unpaired) electrons. The Kier molecular flexibility index (Phi) is 6.90. The van der Waals surface area contributed by atoms with E-state index in [0.717, 1.165) is 33.6 Å². The van der Waals surface area contributed by atoms with Gasteiger partial charge in [0.25, 0.3) is 0 Å². The Balaban J connectivity index is 1.48. The lowest BCUT2D eigenvalue weighted by Crippen LogP contribution is -2.18. The summed E-state index contributed by atoms with van der Waals surface area (Å²) in [6, 6.07) is 35.2. The van der Waals surface area contributed by atoms with Crippen LogP contribution in [0.15, 0.2) is 115 Å². The minimum Gasteiger partial charge on any atom is -0.414 e. The van der Waals surface area contributed by atoms with E-state index in [2.05, 4.69) is 53.2 Å². The van der Waals surface area contributed by atoms with Gasteiger partial charge < -0.3 is 18.9 Å². The summed E-state index contributed by atoms with van der Waals surface area (Å²) < 4.78 is 29.8. The van der Waals surface area contributed by atoms with Gasteiger partial charge in [-0.05, 0) is 79.4 Å². The van der Waals surface area contributed by atoms with Crippen LogP contribution in [0.2, 0.25) is 0 Å². The number of hydrogen-bond acceptors (Lipinski definition) is 5. The third-order valence-corrected chi connectivity index (χ3v) is 10.0. The molecule has 5 nitrogen and oxygen atoms in total. The average Bonchev–Trinajstić information content (AvgIpc) is 3.52. The molecule has 0 aliphatic rings. The Morgan fingerprint density at radius 3 is 2.03 bits per heavy atom. The first-order chi connectivity index (χ1) is 19.1. The van der Waals surface area contributed by atoms with E-state index in [1.54, 1.807) is 24.3 Å². The molecule has 0 saturated heterocycles. The van der Waals surface area contributed by atoms with Crippen molar-refractivity contribution in [1.29, 1.82) is 0 Å². The van der Waals surface area contributed by atoms with Crippen molar-refractivity contribution in [3.05, 3.63) is 125 Å². The van der Waals surface area contributed by atoms with Crippen LogP contribution in [0.5, 0.6) is 11.5 Å². The smallest absolute Gasteiger partial charge is 0.414 e. The predicted molar refractivity (Wildman–Crippen MR) is 162 cm³/mol. The highest BCUT2D eigenvalue weighted by Gasteiger charge is 2.42. The van der Waals surface area contributed by atoms with Crippen molar-refractivity contribution in [1.82, 2.24) is 4.57 Å². The van der Waals surface area contributed by atoms with Crippen LogP contribution in [0.1, 0.15) is 23.1 Å². The fourth-order valence-electron chi connectivity index (χ4n) is 4.98. The maximum atomic E-state index is 14.9. The Bertz CT molecular complexity index is 1730. The summed E-state index contributed by atoms with van der Waals surface area (Å²) in [5.74, 6) is 0.230. The molecule has 2 aromatic heterocycles. The van der Waals surface area contributed by atoms with Gasteiger partial charge in [-0.3, -0.25) is 0 Å². The molecule has 0 aliphatic heterocycles. The summed E-state index contributed by atoms with van der Waals surface area (Å²) in [6.45, 7) is 5.05. The summed E-state index contributed by atoms with van der Waals surface area (Å²) in [5.41, 5.74) is 4.23. The average molecular weight is 553 g/mol. The molecule has 7 heteroatoms. The molecule has 0 fully saturated rings. The number of fused-ring (bicyclic) bond motifs is 3. The molecule has 0 bridgehead atoms. The molecule has 0 saturated carbocycles. The van der Waals surface area contributed by atoms with E-state index >= 15 is 0 Å². The quantitative estimate of drug-likeness (QED) is 0.181. The molecule has 6 rings (SSSR count). The second-order valence-electron chi connectivity index (χ2n) is 9.36. The van der Waals surface area contributed by atoms with Crippen molar-refractivity contribution in [2.45, 2.75) is 26.2 Å². The number of benzene rings is 4. The van der Waals surface area contributed by atoms with Gasteiger partial charge in [-0.2, -0.15) is 0 Å². The van der Waals surface area contributed by atoms with E-state index in [1.807, 2.05) is 60.8 Å². The molecular weight excluding hydrogens is 523 g/mol. The zero-order chi connectivity index (χ0) is 26.8. The number of para-hydroxylation sites is 3. The van der Waals surface area contributed by atoms with Crippen molar-refractivity contribution >= 4 is 46.4 Å². The maximum Gasteiger partial charge on any atom is 0.458 e. The summed E-state index contributed by atoms with van der Waals surface area (Å²) in [7, 11) is -3.87. The Morgan fingerprint density at radius 1 is 0.795 bits per heavy atom. The topological polar surface area (TPSA) is 52.5 Å². The predicted octanol–water partition coefficient (Wildman–Crippen LogP) is 9.65. The van der Waals surface area contributed by atoms with Gasteiger partial charge >= 0.3 is 7.60 Å². The van der Waals surface area contributed by atoms with Gasteiger partial charge in [0.15, 0.2) is 5.78 Å². The number of rotatable bonds is 9. The summed E-state index contributed by atoms with van der Waals surface area (Å²) >= 11 is 1.54. The molecule has 6 aromatic rings. The molecule has 0 amide bonds. The van der Waals surface area contributed by atoms with Crippen LogP contribution in [0.4, 0.5) is 5.69 Å². The molecular formula is C32H29N2O3PS. The largest absolute Gasteiger partial charge is 0.458 e. The van der Waals surface area contributed by atoms with E-state index in [0.29, 0.717) is 11.5 Å². The first-order valence-corrected chi connectivity index (χ1v) is 15.5. The molecule has 39 heavy (non-hydrogen) atoms. The molecule has 0 aliphatic carbocycles. The van der Waals surface area contributed by atoms with Gasteiger partial charge in [0.1, 0.15) is 11.5 Å². The summed E-state index contributed by atoms with van der Waals surface area (Å²) in [5, 5.41) is 7.91. The van der Waals surface area contributed by atoms with Crippen LogP contribution in [-0.4, -0.2) is 4.57 Å². The van der Waals surface area contributed by atoms with E-state index in [1.165, 1.54) is 22.2 Å². The highest BCUT2D eigenvalue weighted by molar-refractivity contribution is 7.55. The highest BCUT2D eigenvalue weighted by atomic mass is 32.1. The molecule has 1 N–H and O–H groups in total. The standard InChI is InChI=1S/C32H29N2O3PS/c1-3-34-29-17-11-10-16-27(29)28-22-24(18-19-30(28)34)33-32(31-23(2)20-21-39-31)38(35,36-25-12-6-4-7-13-25)37-26-14-8-5-9-15-26/h4-22,32-33H,3H2,1-2H3. The fourth-order valence-corrected chi connectivity index (χ4v) is 8.28. The third-order valence-electron chi connectivity index (χ3n) is 6.81. The lowest BCUT2D eigenvalue weighted by Gasteiger charge is -2.29. The van der Waals surface area contributed by atoms with Gasteiger partial charge in [0.2, 0.25) is 0 Å². The fraction of sp³-hybridized carbons (Fsp3) is 0.125. The summed E-state index contributed by atoms with van der Waals surface area (Å²) in [4.78, 5) is 0.904. The monoisotopic (exact) mass is 552 g/mol. The Hall–Kier alpha value is -3.99.